The Hall–Kier alpha value is -3.08. The van der Waals surface area contributed by atoms with Gasteiger partial charge in [0.25, 0.3) is 5.91 Å². The molecule has 0 fully saturated rings. The van der Waals surface area contributed by atoms with Crippen molar-refractivity contribution in [2.24, 2.45) is 0 Å². The molecule has 0 saturated carbocycles. The van der Waals surface area contributed by atoms with E-state index in [2.05, 4.69) is 10.6 Å². The van der Waals surface area contributed by atoms with E-state index in [1.54, 1.807) is 21.0 Å². The van der Waals surface area contributed by atoms with Crippen LogP contribution in [0.15, 0.2) is 65.9 Å². The van der Waals surface area contributed by atoms with E-state index in [0.29, 0.717) is 11.3 Å². The van der Waals surface area contributed by atoms with Crippen LogP contribution < -0.4 is 10.6 Å². The summed E-state index contributed by atoms with van der Waals surface area (Å²) >= 11 is 0. The zero-order valence-corrected chi connectivity index (χ0v) is 14.5. The van der Waals surface area contributed by atoms with Gasteiger partial charge < -0.3 is 15.5 Å². The van der Waals surface area contributed by atoms with Crippen molar-refractivity contribution in [3.8, 4) is 11.1 Å². The molecular formula is C20H21N3O2. The molecular weight excluding hydrogens is 314 g/mol. The third-order valence-corrected chi connectivity index (χ3v) is 4.26. The molecule has 0 aliphatic carbocycles. The van der Waals surface area contributed by atoms with Crippen molar-refractivity contribution in [1.82, 2.24) is 15.5 Å². The van der Waals surface area contributed by atoms with Crippen LogP contribution in [0.4, 0.5) is 4.79 Å². The molecule has 128 valence electrons. The number of urea groups is 1. The zero-order valence-electron chi connectivity index (χ0n) is 14.5. The second kappa shape index (κ2) is 6.81. The lowest BCUT2D eigenvalue weighted by molar-refractivity contribution is -0.125. The summed E-state index contributed by atoms with van der Waals surface area (Å²) in [6, 6.07) is 17.2. The highest BCUT2D eigenvalue weighted by atomic mass is 16.2. The van der Waals surface area contributed by atoms with Gasteiger partial charge in [-0.15, -0.1) is 0 Å². The lowest BCUT2D eigenvalue weighted by atomic mass is 9.93. The number of hydrogen-bond donors (Lipinski definition) is 2. The third-order valence-electron chi connectivity index (χ3n) is 4.26. The molecule has 0 unspecified atom stereocenters. The Labute approximate surface area is 147 Å². The molecule has 1 aliphatic rings. The topological polar surface area (TPSA) is 61.4 Å². The number of amides is 3. The lowest BCUT2D eigenvalue weighted by Crippen LogP contribution is -2.46. The molecule has 3 amide bonds. The predicted molar refractivity (Wildman–Crippen MR) is 97.7 cm³/mol. The number of carbonyl (C=O) groups excluding carboxylic acids is 2. The maximum Gasteiger partial charge on any atom is 0.319 e. The van der Waals surface area contributed by atoms with Crippen LogP contribution >= 0.6 is 0 Å². The van der Waals surface area contributed by atoms with Crippen molar-refractivity contribution >= 4 is 11.9 Å². The summed E-state index contributed by atoms with van der Waals surface area (Å²) in [7, 11) is 3.41. The van der Waals surface area contributed by atoms with Crippen LogP contribution in [0, 0.1) is 0 Å². The van der Waals surface area contributed by atoms with Crippen LogP contribution in [0.25, 0.3) is 11.1 Å². The molecule has 0 spiro atoms. The van der Waals surface area contributed by atoms with Crippen LogP contribution in [0.5, 0.6) is 0 Å². The van der Waals surface area contributed by atoms with Gasteiger partial charge in [-0.25, -0.2) is 4.79 Å². The smallest absolute Gasteiger partial charge is 0.319 e. The fraction of sp³-hybridized carbons (Fsp3) is 0.200. The molecule has 1 aliphatic heterocycles. The van der Waals surface area contributed by atoms with E-state index in [4.69, 9.17) is 0 Å². The fourth-order valence-electron chi connectivity index (χ4n) is 2.97. The first-order valence-electron chi connectivity index (χ1n) is 8.12. The molecule has 3 rings (SSSR count). The number of likely N-dealkylation sites (N-methyl/N-ethyl adjacent to an activating group) is 1. The van der Waals surface area contributed by atoms with Gasteiger partial charge in [-0.3, -0.25) is 4.79 Å². The quantitative estimate of drug-likeness (QED) is 0.905. The minimum Gasteiger partial charge on any atom is -0.345 e. The van der Waals surface area contributed by atoms with Crippen molar-refractivity contribution in [1.29, 1.82) is 0 Å². The minimum absolute atomic E-state index is 0.123. The molecule has 2 aromatic rings. The van der Waals surface area contributed by atoms with Gasteiger partial charge >= 0.3 is 6.03 Å². The van der Waals surface area contributed by atoms with Gasteiger partial charge in [0, 0.05) is 19.8 Å². The number of benzene rings is 2. The van der Waals surface area contributed by atoms with Gasteiger partial charge in [0.2, 0.25) is 0 Å². The first kappa shape index (κ1) is 16.8. The van der Waals surface area contributed by atoms with Crippen LogP contribution in [0.3, 0.4) is 0 Å². The first-order chi connectivity index (χ1) is 12.0. The van der Waals surface area contributed by atoms with Gasteiger partial charge in [0.1, 0.15) is 0 Å². The van der Waals surface area contributed by atoms with Crippen LogP contribution in [-0.4, -0.2) is 30.9 Å². The maximum absolute atomic E-state index is 12.6. The van der Waals surface area contributed by atoms with E-state index in [-0.39, 0.29) is 11.9 Å². The van der Waals surface area contributed by atoms with Crippen molar-refractivity contribution in [3.63, 3.8) is 0 Å². The fourth-order valence-corrected chi connectivity index (χ4v) is 2.97. The number of hydrogen-bond acceptors (Lipinski definition) is 2. The highest BCUT2D eigenvalue weighted by Crippen LogP contribution is 2.29. The Kier molecular flexibility index (Phi) is 4.57. The lowest BCUT2D eigenvalue weighted by Gasteiger charge is -2.30. The third kappa shape index (κ3) is 3.40. The van der Waals surface area contributed by atoms with Gasteiger partial charge in [-0.1, -0.05) is 54.6 Å². The van der Waals surface area contributed by atoms with Gasteiger partial charge in [0.15, 0.2) is 0 Å². The standard InChI is InChI=1S/C20H21N3O2/c1-13-17(19(24)23(2)3)18(22-20(25)21-13)16-11-9-15(10-12-16)14-7-5-4-6-8-14/h4-12,18H,1-3H3,(H2,21,22,25)/t18-/m0/s1. The summed E-state index contributed by atoms with van der Waals surface area (Å²) in [5, 5.41) is 5.54. The summed E-state index contributed by atoms with van der Waals surface area (Å²) in [6.45, 7) is 1.75. The minimum atomic E-state index is -0.464. The van der Waals surface area contributed by atoms with E-state index in [0.717, 1.165) is 16.7 Å². The maximum atomic E-state index is 12.6. The van der Waals surface area contributed by atoms with E-state index >= 15 is 0 Å². The number of carbonyl (C=O) groups is 2. The number of nitrogens with one attached hydrogen (secondary N) is 2. The Morgan fingerprint density at radius 1 is 0.960 bits per heavy atom. The highest BCUT2D eigenvalue weighted by Gasteiger charge is 2.31. The SMILES string of the molecule is CC1=C(C(=O)N(C)C)[C@H](c2ccc(-c3ccccc3)cc2)NC(=O)N1. The Morgan fingerprint density at radius 3 is 2.16 bits per heavy atom. The Morgan fingerprint density at radius 2 is 1.56 bits per heavy atom. The normalized spacial score (nSPS) is 16.9. The molecule has 0 radical (unpaired) electrons. The molecule has 5 nitrogen and oxygen atoms in total. The molecule has 1 heterocycles. The monoisotopic (exact) mass is 335 g/mol. The molecule has 0 bridgehead atoms. The Bertz CT molecular complexity index is 824. The summed E-state index contributed by atoms with van der Waals surface area (Å²) in [5.41, 5.74) is 4.22. The predicted octanol–water partition coefficient (Wildman–Crippen LogP) is 3.07. The van der Waals surface area contributed by atoms with Crippen molar-refractivity contribution in [2.75, 3.05) is 14.1 Å². The Balaban J connectivity index is 1.97. The van der Waals surface area contributed by atoms with Crippen LogP contribution in [-0.2, 0) is 4.79 Å². The van der Waals surface area contributed by atoms with Gasteiger partial charge in [0.05, 0.1) is 11.6 Å². The van der Waals surface area contributed by atoms with E-state index in [1.165, 1.54) is 4.90 Å². The molecule has 2 N–H and O–H groups in total. The molecule has 1 atom stereocenters. The van der Waals surface area contributed by atoms with E-state index in [9.17, 15) is 9.59 Å². The number of rotatable bonds is 3. The van der Waals surface area contributed by atoms with Crippen LogP contribution in [0.1, 0.15) is 18.5 Å². The molecule has 2 aromatic carbocycles. The highest BCUT2D eigenvalue weighted by molar-refractivity contribution is 5.98. The van der Waals surface area contributed by atoms with E-state index < -0.39 is 6.04 Å². The molecule has 0 aromatic heterocycles. The average molecular weight is 335 g/mol. The zero-order chi connectivity index (χ0) is 18.0. The first-order valence-corrected chi connectivity index (χ1v) is 8.12. The second-order valence-corrected chi connectivity index (χ2v) is 6.26. The summed E-state index contributed by atoms with van der Waals surface area (Å²) in [5.74, 6) is -0.123. The molecule has 5 heteroatoms. The van der Waals surface area contributed by atoms with Gasteiger partial charge in [-0.05, 0) is 23.6 Å². The van der Waals surface area contributed by atoms with E-state index in [1.807, 2.05) is 54.6 Å². The van der Waals surface area contributed by atoms with Gasteiger partial charge in [-0.2, -0.15) is 0 Å². The number of allylic oxidation sites excluding steroid dienone is 1. The summed E-state index contributed by atoms with van der Waals surface area (Å²) < 4.78 is 0. The van der Waals surface area contributed by atoms with Crippen molar-refractivity contribution in [2.45, 2.75) is 13.0 Å². The summed E-state index contributed by atoms with van der Waals surface area (Å²) in [6.07, 6.45) is 0. The molecule has 25 heavy (non-hydrogen) atoms. The molecule has 0 saturated heterocycles. The van der Waals surface area contributed by atoms with Crippen LogP contribution in [0.2, 0.25) is 0 Å². The van der Waals surface area contributed by atoms with Crippen molar-refractivity contribution < 1.29 is 9.59 Å². The largest absolute Gasteiger partial charge is 0.345 e. The number of nitrogens with zero attached hydrogens (tertiary/aromatic N) is 1. The van der Waals surface area contributed by atoms with Crippen molar-refractivity contribution in [3.05, 3.63) is 71.4 Å². The summed E-state index contributed by atoms with van der Waals surface area (Å²) in [4.78, 5) is 26.0. The average Bonchev–Trinajstić information content (AvgIpc) is 2.61. The second-order valence-electron chi connectivity index (χ2n) is 6.26.